The molecule has 2 aliphatic heterocycles. The molecule has 39 heteroatoms. The number of amides is 5. The number of carbonyl (C=O) groups excluding carboxylic acids is 8. The predicted molar refractivity (Wildman–Crippen MR) is 558 cm³/mol. The second-order valence-electron chi connectivity index (χ2n) is 41.6. The van der Waals surface area contributed by atoms with Crippen molar-refractivity contribution in [2.45, 2.75) is 365 Å². The number of hydrogen-bond acceptors (Lipinski definition) is 32. The minimum Gasteiger partial charge on any atom is -0.463 e. The fourth-order valence-electron chi connectivity index (χ4n) is 13.7. The predicted octanol–water partition coefficient (Wildman–Crippen LogP) is 15.3. The van der Waals surface area contributed by atoms with Crippen LogP contribution in [0.4, 0.5) is 5.69 Å². The first-order valence-corrected chi connectivity index (χ1v) is 53.2. The van der Waals surface area contributed by atoms with Gasteiger partial charge in [-0.05, 0) is 186 Å². The zero-order valence-electron chi connectivity index (χ0n) is 93.1. The van der Waals surface area contributed by atoms with E-state index < -0.39 is 22.8 Å². The fourth-order valence-corrected chi connectivity index (χ4v) is 13.7. The Labute approximate surface area is 862 Å². The third-order valence-corrected chi connectivity index (χ3v) is 21.8. The molecule has 2 atom stereocenters. The van der Waals surface area contributed by atoms with Gasteiger partial charge in [-0.3, -0.25) is 69.0 Å². The SMILES string of the molecule is CC(C)CCCC1CC(=O)N(CN(CC(=O)ONCC(C)C)CC(=O)ONCC(C)C)C1=O.CC(C)CCCC1CC(=O)N(CNC(C)C)C1=O.CC(C)CCCCCc1cn(CCOCCOCCOC(C)C)nn1.CC(C)CCCc1ccc([N+](=O)[O-])c(C(=O)NNC(C)C)c1.CC(C)CCc1cn(CCC(C)C)nn1.CC(C)OCCOCCOCCn1cc(CCC(=O)OCCOCCOC(C)C)nn1. The lowest BCUT2D eigenvalue weighted by Gasteiger charge is -2.25. The van der Waals surface area contributed by atoms with Crippen LogP contribution in [0.1, 0.15) is 322 Å². The van der Waals surface area contributed by atoms with Crippen molar-refractivity contribution < 1.29 is 95.6 Å². The standard InChI is InChI=1S/C23H42N4O6.C21H39N3O7.C19H37N3O3.C16H25N3O3.C14H26N2O2.C12H23N3/c1-16(2)8-7-9-19-10-20(28)27(23(19)31)15-26(13-21(29)32-24-11-17(3)4)14-22(30)33-25-12-18(5)6;1-18(2)29-14-11-27-10-9-26-8-7-24-17-20(22-23-24)5-6-21(25)31-16-13-28-12-15-30-19(3)4;1-17(2)8-6-5-7-9-19-16-22(21-20-19)10-11-23-12-13-24-14-15-25-18(3)4;1-11(2)6-5-7-13-8-9-15(19(21)22)14(10-13)16(20)18-17-12(3)4;1-10(2)6-5-7-12-8-13(17)16(14(12)18)9-15-11(3)4;1-10(2)5-6-12-9-15(14-13-12)8-7-11(3)4/h16-19,24-25H,7-15H2,1-6H3;17-19H,5-16H2,1-4H3;16-18H,5-15H2,1-4H3;8-12,17H,5-7H2,1-4H3,(H,18,20);10-12,15H,5-9H2,1-4H3;9-11H,5-8H2,1-4H3. The van der Waals surface area contributed by atoms with Gasteiger partial charge in [-0.1, -0.05) is 184 Å². The molecule has 2 fully saturated rings. The van der Waals surface area contributed by atoms with Gasteiger partial charge in [0.1, 0.15) is 25.3 Å². The van der Waals surface area contributed by atoms with Gasteiger partial charge in [-0.25, -0.2) is 24.4 Å². The van der Waals surface area contributed by atoms with Crippen molar-refractivity contribution in [2.24, 2.45) is 59.2 Å². The summed E-state index contributed by atoms with van der Waals surface area (Å²) in [5.41, 5.74) is 14.3. The second kappa shape index (κ2) is 81.7. The maximum absolute atomic E-state index is 12.8. The Hall–Kier alpha value is -8.32. The minimum atomic E-state index is -0.619. The molecular formula is C105H192N18O21. The average molecular weight is 2040 g/mol. The van der Waals surface area contributed by atoms with Crippen LogP contribution in [0.25, 0.3) is 0 Å². The van der Waals surface area contributed by atoms with Crippen LogP contribution in [0.5, 0.6) is 0 Å². The number of benzene rings is 1. The summed E-state index contributed by atoms with van der Waals surface area (Å²) < 4.78 is 54.1. The van der Waals surface area contributed by atoms with E-state index in [9.17, 15) is 48.5 Å². The highest BCUT2D eigenvalue weighted by atomic mass is 16.7. The molecule has 2 saturated heterocycles. The lowest BCUT2D eigenvalue weighted by Crippen LogP contribution is -2.47. The number of carbonyl (C=O) groups is 8. The van der Waals surface area contributed by atoms with Gasteiger partial charge in [0.15, 0.2) is 0 Å². The molecule has 0 aliphatic carbocycles. The number of imide groups is 2. The van der Waals surface area contributed by atoms with Crippen LogP contribution in [-0.2, 0) is 131 Å². The molecule has 3 aromatic heterocycles. The highest BCUT2D eigenvalue weighted by Gasteiger charge is 2.40. The van der Waals surface area contributed by atoms with Crippen LogP contribution >= 0.6 is 0 Å². The van der Waals surface area contributed by atoms with Crippen molar-refractivity contribution in [1.82, 2.24) is 86.8 Å². The van der Waals surface area contributed by atoms with E-state index in [-0.39, 0.29) is 134 Å². The number of likely N-dealkylation sites (tertiary alicyclic amines) is 2. The average Bonchev–Trinajstić information content (AvgIpc) is 1.67. The highest BCUT2D eigenvalue weighted by Crippen LogP contribution is 2.28. The maximum atomic E-state index is 12.8. The van der Waals surface area contributed by atoms with Crippen molar-refractivity contribution in [2.75, 3.05) is 132 Å². The number of nitrogens with zero attached hydrogens (tertiary/aromatic N) is 13. The molecule has 0 bridgehead atoms. The molecule has 2 aliphatic rings. The number of nitrogens with one attached hydrogen (secondary N) is 5. The van der Waals surface area contributed by atoms with E-state index >= 15 is 0 Å². The normalized spacial score (nSPS) is 13.8. The van der Waals surface area contributed by atoms with E-state index in [0.29, 0.717) is 149 Å². The maximum Gasteiger partial charge on any atom is 0.338 e. The zero-order valence-corrected chi connectivity index (χ0v) is 93.1. The Kier molecular flexibility index (Phi) is 75.8. The van der Waals surface area contributed by atoms with Gasteiger partial charge >= 0.3 is 17.9 Å². The molecular weight excluding hydrogens is 1850 g/mol. The summed E-state index contributed by atoms with van der Waals surface area (Å²) in [7, 11) is 0. The third kappa shape index (κ3) is 72.1. The van der Waals surface area contributed by atoms with Gasteiger partial charge < -0.3 is 52.3 Å². The Bertz CT molecular complexity index is 3970. The largest absolute Gasteiger partial charge is 0.463 e. The number of hydrogen-bond donors (Lipinski definition) is 5. The summed E-state index contributed by atoms with van der Waals surface area (Å²) in [5.74, 6) is 1.67. The molecule has 6 rings (SSSR count). The summed E-state index contributed by atoms with van der Waals surface area (Å²) in [6, 6.07) is 5.10. The van der Waals surface area contributed by atoms with E-state index in [1.54, 1.807) is 16.8 Å². The summed E-state index contributed by atoms with van der Waals surface area (Å²) in [6.07, 6.45) is 25.9. The third-order valence-electron chi connectivity index (χ3n) is 21.8. The van der Waals surface area contributed by atoms with E-state index in [0.717, 1.165) is 123 Å². The Morgan fingerprint density at radius 3 is 1.28 bits per heavy atom. The van der Waals surface area contributed by atoms with Gasteiger partial charge in [0.25, 0.3) is 11.6 Å². The van der Waals surface area contributed by atoms with Crippen LogP contribution < -0.4 is 27.1 Å². The summed E-state index contributed by atoms with van der Waals surface area (Å²) >= 11 is 0. The molecule has 5 heterocycles. The molecule has 5 N–H and O–H groups in total. The van der Waals surface area contributed by atoms with Crippen LogP contribution in [0.2, 0.25) is 0 Å². The van der Waals surface area contributed by atoms with Crippen molar-refractivity contribution in [3.8, 4) is 0 Å². The van der Waals surface area contributed by atoms with E-state index in [2.05, 4.69) is 147 Å². The lowest BCUT2D eigenvalue weighted by atomic mass is 9.97. The first-order valence-electron chi connectivity index (χ1n) is 53.2. The minimum absolute atomic E-state index is 0.0110. The molecule has 39 nitrogen and oxygen atoms in total. The van der Waals surface area contributed by atoms with Crippen LogP contribution in [0.3, 0.4) is 0 Å². The van der Waals surface area contributed by atoms with Crippen molar-refractivity contribution in [3.63, 3.8) is 0 Å². The molecule has 0 saturated carbocycles. The fraction of sp³-hybridized carbons (Fsp3) is 0.810. The van der Waals surface area contributed by atoms with Gasteiger partial charge in [-0.15, -0.1) is 15.3 Å². The van der Waals surface area contributed by atoms with Crippen molar-refractivity contribution in [1.29, 1.82) is 0 Å². The summed E-state index contributed by atoms with van der Waals surface area (Å²) in [4.78, 5) is 122. The molecule has 1 aromatic carbocycles. The van der Waals surface area contributed by atoms with E-state index in [4.69, 9.17) is 52.3 Å². The van der Waals surface area contributed by atoms with Crippen LogP contribution in [0.15, 0.2) is 36.8 Å². The van der Waals surface area contributed by atoms with E-state index in [1.807, 2.05) is 119 Å². The van der Waals surface area contributed by atoms with Crippen LogP contribution in [-0.4, -0.2) is 274 Å². The van der Waals surface area contributed by atoms with Gasteiger partial charge in [0, 0.05) is 87.5 Å². The van der Waals surface area contributed by atoms with Crippen LogP contribution in [0, 0.1) is 69.3 Å². The number of rotatable bonds is 73. The number of nitro benzene ring substituents is 1. The Morgan fingerprint density at radius 2 is 0.840 bits per heavy atom. The monoisotopic (exact) mass is 2040 g/mol. The van der Waals surface area contributed by atoms with Gasteiger partial charge in [-0.2, -0.15) is 11.0 Å². The van der Waals surface area contributed by atoms with E-state index in [1.165, 1.54) is 54.4 Å². The zero-order chi connectivity index (χ0) is 108. The smallest absolute Gasteiger partial charge is 0.338 e. The summed E-state index contributed by atoms with van der Waals surface area (Å²) in [5, 5.41) is 39.0. The molecule has 828 valence electrons. The Morgan fingerprint density at radius 1 is 0.431 bits per heavy atom. The second-order valence-corrected chi connectivity index (χ2v) is 41.6. The van der Waals surface area contributed by atoms with Gasteiger partial charge in [0.2, 0.25) is 23.6 Å². The molecule has 144 heavy (non-hydrogen) atoms. The summed E-state index contributed by atoms with van der Waals surface area (Å²) in [6.45, 7) is 64.3. The number of nitro groups is 1. The lowest BCUT2D eigenvalue weighted by molar-refractivity contribution is -0.385. The van der Waals surface area contributed by atoms with Crippen molar-refractivity contribution >= 4 is 53.1 Å². The number of hydrazine groups is 1. The highest BCUT2D eigenvalue weighted by molar-refractivity contribution is 6.04. The molecule has 0 radical (unpaired) electrons. The molecule has 5 amide bonds. The Balaban J connectivity index is 0.000000879. The molecule has 4 aromatic rings. The quantitative estimate of drug-likeness (QED) is 0.00684. The number of unbranched alkanes of at least 4 members (excludes halogenated alkanes) is 2. The number of esters is 1. The molecule has 0 spiro atoms. The topological polar surface area (TPSA) is 443 Å². The first-order chi connectivity index (χ1) is 68.3. The van der Waals surface area contributed by atoms with Gasteiger partial charge in [0.05, 0.1) is 159 Å². The number of aryl methyl sites for hydroxylation is 5. The first kappa shape index (κ1) is 134. The number of ether oxygens (including phenoxy) is 9. The molecule has 2 unspecified atom stereocenters. The number of hydroxylamine groups is 2. The number of aromatic nitrogens is 9. The van der Waals surface area contributed by atoms with Crippen molar-refractivity contribution in [3.05, 3.63) is 75.1 Å².